The maximum Gasteiger partial charge on any atom is 0.339 e. The third-order valence-electron chi connectivity index (χ3n) is 3.76. The molecular formula is C20H22ClNO6. The van der Waals surface area contributed by atoms with E-state index in [0.29, 0.717) is 23.8 Å². The molecule has 0 saturated heterocycles. The molecule has 0 bridgehead atoms. The number of anilines is 1. The van der Waals surface area contributed by atoms with Crippen molar-refractivity contribution in [3.63, 3.8) is 0 Å². The number of benzene rings is 2. The van der Waals surface area contributed by atoms with Crippen LogP contribution in [0.25, 0.3) is 0 Å². The molecular weight excluding hydrogens is 386 g/mol. The molecule has 0 spiro atoms. The van der Waals surface area contributed by atoms with Crippen molar-refractivity contribution in [2.24, 2.45) is 0 Å². The molecule has 0 aliphatic carbocycles. The Morgan fingerprint density at radius 1 is 1.11 bits per heavy atom. The second kappa shape index (κ2) is 9.85. The first kappa shape index (κ1) is 21.4. The molecule has 0 fully saturated rings. The summed E-state index contributed by atoms with van der Waals surface area (Å²) in [5.41, 5.74) is 0.703. The van der Waals surface area contributed by atoms with Gasteiger partial charge in [0.2, 0.25) is 0 Å². The lowest BCUT2D eigenvalue weighted by Gasteiger charge is -2.15. The van der Waals surface area contributed by atoms with Gasteiger partial charge in [0.25, 0.3) is 5.91 Å². The molecule has 0 radical (unpaired) electrons. The number of methoxy groups -OCH3 is 2. The number of esters is 1. The van der Waals surface area contributed by atoms with Crippen LogP contribution in [-0.4, -0.2) is 38.8 Å². The minimum Gasteiger partial charge on any atom is -0.494 e. The second-order valence-corrected chi connectivity index (χ2v) is 6.09. The highest BCUT2D eigenvalue weighted by molar-refractivity contribution is 6.32. The molecule has 28 heavy (non-hydrogen) atoms. The van der Waals surface area contributed by atoms with Gasteiger partial charge in [-0.2, -0.15) is 0 Å². The number of carbonyl (C=O) groups excluding carboxylic acids is 2. The monoisotopic (exact) mass is 407 g/mol. The maximum absolute atomic E-state index is 12.4. The first-order valence-corrected chi connectivity index (χ1v) is 8.93. The zero-order valence-electron chi connectivity index (χ0n) is 16.1. The summed E-state index contributed by atoms with van der Waals surface area (Å²) in [4.78, 5) is 24.7. The van der Waals surface area contributed by atoms with E-state index in [1.165, 1.54) is 33.3 Å². The highest BCUT2D eigenvalue weighted by atomic mass is 35.5. The fraction of sp³-hybridized carbons (Fsp3) is 0.300. The van der Waals surface area contributed by atoms with Crippen molar-refractivity contribution in [3.8, 4) is 17.2 Å². The van der Waals surface area contributed by atoms with Gasteiger partial charge in [-0.3, -0.25) is 4.79 Å². The lowest BCUT2D eigenvalue weighted by Crippen LogP contribution is -2.30. The van der Waals surface area contributed by atoms with Crippen LogP contribution in [-0.2, 0) is 9.53 Å². The van der Waals surface area contributed by atoms with E-state index in [4.69, 9.17) is 30.5 Å². The summed E-state index contributed by atoms with van der Waals surface area (Å²) in [6.07, 6.45) is -1.02. The van der Waals surface area contributed by atoms with E-state index in [0.717, 1.165) is 0 Å². The van der Waals surface area contributed by atoms with Crippen molar-refractivity contribution in [2.45, 2.75) is 20.0 Å². The summed E-state index contributed by atoms with van der Waals surface area (Å²) in [6.45, 7) is 3.92. The van der Waals surface area contributed by atoms with E-state index in [2.05, 4.69) is 5.32 Å². The number of amides is 1. The Labute approximate surface area is 168 Å². The first-order chi connectivity index (χ1) is 13.4. The van der Waals surface area contributed by atoms with Gasteiger partial charge < -0.3 is 24.3 Å². The highest BCUT2D eigenvalue weighted by Gasteiger charge is 2.21. The standard InChI is InChI=1S/C20H22ClNO6/c1-5-27-15-8-6-14(7-9-15)22-19(23)12(2)28-20(24)13-10-16(21)18(26-4)17(11-13)25-3/h6-12H,5H2,1-4H3,(H,22,23). The number of halogens is 1. The molecule has 1 amide bonds. The number of hydrogen-bond acceptors (Lipinski definition) is 6. The topological polar surface area (TPSA) is 83.1 Å². The molecule has 8 heteroatoms. The van der Waals surface area contributed by atoms with Crippen molar-refractivity contribution < 1.29 is 28.5 Å². The zero-order valence-corrected chi connectivity index (χ0v) is 16.8. The van der Waals surface area contributed by atoms with Gasteiger partial charge in [0.05, 0.1) is 31.4 Å². The predicted molar refractivity (Wildman–Crippen MR) is 106 cm³/mol. The zero-order chi connectivity index (χ0) is 20.7. The Morgan fingerprint density at radius 3 is 2.36 bits per heavy atom. The Bertz CT molecular complexity index is 837. The maximum atomic E-state index is 12.4. The summed E-state index contributed by atoms with van der Waals surface area (Å²) in [5.74, 6) is 0.113. The van der Waals surface area contributed by atoms with Crippen molar-refractivity contribution in [1.29, 1.82) is 0 Å². The summed E-state index contributed by atoms with van der Waals surface area (Å²) in [7, 11) is 2.87. The molecule has 0 aliphatic rings. The summed E-state index contributed by atoms with van der Waals surface area (Å²) >= 11 is 6.10. The Kier molecular flexibility index (Phi) is 7.52. The van der Waals surface area contributed by atoms with Gasteiger partial charge >= 0.3 is 5.97 Å². The molecule has 7 nitrogen and oxygen atoms in total. The fourth-order valence-corrected chi connectivity index (χ4v) is 2.65. The largest absolute Gasteiger partial charge is 0.494 e. The lowest BCUT2D eigenvalue weighted by atomic mass is 10.2. The van der Waals surface area contributed by atoms with Gasteiger partial charge in [-0.15, -0.1) is 0 Å². The van der Waals surface area contributed by atoms with E-state index in [1.807, 2.05) is 6.92 Å². The van der Waals surface area contributed by atoms with Crippen LogP contribution in [0.5, 0.6) is 17.2 Å². The molecule has 1 N–H and O–H groups in total. The molecule has 0 heterocycles. The Hall–Kier alpha value is -2.93. The van der Waals surface area contributed by atoms with E-state index in [1.54, 1.807) is 24.3 Å². The Balaban J connectivity index is 2.03. The molecule has 150 valence electrons. The van der Waals surface area contributed by atoms with Crippen LogP contribution in [0.15, 0.2) is 36.4 Å². The number of rotatable bonds is 8. The van der Waals surface area contributed by atoms with Gasteiger partial charge in [0.1, 0.15) is 5.75 Å². The fourth-order valence-electron chi connectivity index (χ4n) is 2.36. The van der Waals surface area contributed by atoms with Crippen LogP contribution < -0.4 is 19.5 Å². The van der Waals surface area contributed by atoms with Crippen LogP contribution in [0.1, 0.15) is 24.2 Å². The molecule has 2 aromatic carbocycles. The first-order valence-electron chi connectivity index (χ1n) is 8.55. The molecule has 2 aromatic rings. The van der Waals surface area contributed by atoms with Crippen LogP contribution in [0.3, 0.4) is 0 Å². The van der Waals surface area contributed by atoms with Crippen LogP contribution >= 0.6 is 11.6 Å². The van der Waals surface area contributed by atoms with Crippen molar-refractivity contribution in [3.05, 3.63) is 47.0 Å². The molecule has 0 aromatic heterocycles. The van der Waals surface area contributed by atoms with E-state index >= 15 is 0 Å². The summed E-state index contributed by atoms with van der Waals surface area (Å²) < 4.78 is 20.9. The van der Waals surface area contributed by atoms with Crippen LogP contribution in [0.4, 0.5) is 5.69 Å². The Morgan fingerprint density at radius 2 is 1.79 bits per heavy atom. The third-order valence-corrected chi connectivity index (χ3v) is 4.04. The van der Waals surface area contributed by atoms with Gasteiger partial charge in [-0.05, 0) is 50.2 Å². The van der Waals surface area contributed by atoms with Crippen molar-refractivity contribution in [1.82, 2.24) is 0 Å². The van der Waals surface area contributed by atoms with Gasteiger partial charge in [-0.25, -0.2) is 4.79 Å². The second-order valence-electron chi connectivity index (χ2n) is 5.69. The predicted octanol–water partition coefficient (Wildman–Crippen LogP) is 3.94. The number of nitrogens with one attached hydrogen (secondary N) is 1. The molecule has 1 unspecified atom stereocenters. The van der Waals surface area contributed by atoms with E-state index in [9.17, 15) is 9.59 Å². The third kappa shape index (κ3) is 5.29. The van der Waals surface area contributed by atoms with Crippen molar-refractivity contribution in [2.75, 3.05) is 26.1 Å². The van der Waals surface area contributed by atoms with E-state index < -0.39 is 18.0 Å². The van der Waals surface area contributed by atoms with Gasteiger partial charge in [0.15, 0.2) is 17.6 Å². The average molecular weight is 408 g/mol. The van der Waals surface area contributed by atoms with Crippen LogP contribution in [0, 0.1) is 0 Å². The van der Waals surface area contributed by atoms with Crippen LogP contribution in [0.2, 0.25) is 5.02 Å². The quantitative estimate of drug-likeness (QED) is 0.667. The average Bonchev–Trinajstić information content (AvgIpc) is 2.68. The van der Waals surface area contributed by atoms with Gasteiger partial charge in [-0.1, -0.05) is 11.6 Å². The lowest BCUT2D eigenvalue weighted by molar-refractivity contribution is -0.123. The minimum atomic E-state index is -1.02. The smallest absolute Gasteiger partial charge is 0.339 e. The molecule has 1 atom stereocenters. The van der Waals surface area contributed by atoms with Crippen molar-refractivity contribution >= 4 is 29.2 Å². The number of ether oxygens (including phenoxy) is 4. The number of hydrogen-bond donors (Lipinski definition) is 1. The normalized spacial score (nSPS) is 11.3. The molecule has 2 rings (SSSR count). The summed E-state index contributed by atoms with van der Waals surface area (Å²) in [6, 6.07) is 9.70. The van der Waals surface area contributed by atoms with Gasteiger partial charge in [0, 0.05) is 5.69 Å². The SMILES string of the molecule is CCOc1ccc(NC(=O)C(C)OC(=O)c2cc(Cl)c(OC)c(OC)c2)cc1. The van der Waals surface area contributed by atoms with E-state index in [-0.39, 0.29) is 16.3 Å². The summed E-state index contributed by atoms with van der Waals surface area (Å²) in [5, 5.41) is 2.87. The number of carbonyl (C=O) groups is 2. The minimum absolute atomic E-state index is 0.142. The highest BCUT2D eigenvalue weighted by Crippen LogP contribution is 2.36. The molecule has 0 saturated carbocycles. The molecule has 0 aliphatic heterocycles.